The van der Waals surface area contributed by atoms with Gasteiger partial charge in [0.1, 0.15) is 17.3 Å². The molecule has 0 amide bonds. The predicted octanol–water partition coefficient (Wildman–Crippen LogP) is 8.39. The van der Waals surface area contributed by atoms with E-state index >= 15 is 0 Å². The molecule has 2 atom stereocenters. The zero-order valence-electron chi connectivity index (χ0n) is 26.5. The third-order valence-corrected chi connectivity index (χ3v) is 8.05. The Morgan fingerprint density at radius 2 is 1.84 bits per heavy atom. The van der Waals surface area contributed by atoms with Crippen molar-refractivity contribution in [3.05, 3.63) is 90.4 Å². The molecule has 1 aliphatic heterocycles. The Morgan fingerprint density at radius 3 is 2.40 bits per heavy atom. The summed E-state index contributed by atoms with van der Waals surface area (Å²) in [6.45, 7) is 17.8. The van der Waals surface area contributed by atoms with Gasteiger partial charge in [0.05, 0.1) is 16.9 Å². The summed E-state index contributed by atoms with van der Waals surface area (Å²) in [4.78, 5) is 19.1. The van der Waals surface area contributed by atoms with Crippen LogP contribution in [0.2, 0.25) is 0 Å². The number of fused-ring (bicyclic) bond motifs is 1. The Labute approximate surface area is 267 Å². The maximum atomic E-state index is 12.7. The molecule has 238 valence electrons. The number of aromatic nitrogens is 5. The first kappa shape index (κ1) is 33.9. The Kier molecular flexibility index (Phi) is 10.5. The molecule has 0 aliphatic carbocycles. The monoisotopic (exact) mass is 637 g/mol. The van der Waals surface area contributed by atoms with Gasteiger partial charge < -0.3 is 9.88 Å². The summed E-state index contributed by atoms with van der Waals surface area (Å²) >= 11 is 6.32. The predicted molar refractivity (Wildman–Crippen MR) is 178 cm³/mol. The Morgan fingerprint density at radius 1 is 1.16 bits per heavy atom. The van der Waals surface area contributed by atoms with Crippen LogP contribution in [-0.2, 0) is 12.7 Å². The number of alkyl halides is 3. The molecule has 1 aliphatic rings. The third-order valence-electron chi connectivity index (χ3n) is 7.72. The quantitative estimate of drug-likeness (QED) is 0.205. The van der Waals surface area contributed by atoms with E-state index in [1.54, 1.807) is 0 Å². The molecule has 45 heavy (non-hydrogen) atoms. The zero-order valence-corrected chi connectivity index (χ0v) is 27.3. The zero-order chi connectivity index (χ0) is 33.1. The fraction of sp³-hybridized carbons (Fsp3) is 0.353. The molecule has 0 bridgehead atoms. The van der Waals surface area contributed by atoms with E-state index in [4.69, 9.17) is 16.6 Å². The van der Waals surface area contributed by atoms with Crippen molar-refractivity contribution in [2.24, 2.45) is 5.92 Å². The van der Waals surface area contributed by atoms with Crippen LogP contribution in [0.25, 0.3) is 32.8 Å². The van der Waals surface area contributed by atoms with Crippen molar-refractivity contribution in [3.63, 3.8) is 0 Å². The normalized spacial score (nSPS) is 17.2. The van der Waals surface area contributed by atoms with Crippen LogP contribution in [0.15, 0.2) is 62.1 Å². The number of pyridine rings is 2. The number of anilines is 1. The molecule has 0 radical (unpaired) electrons. The summed E-state index contributed by atoms with van der Waals surface area (Å²) < 4.78 is 40.3. The van der Waals surface area contributed by atoms with Crippen molar-refractivity contribution in [1.82, 2.24) is 29.4 Å². The maximum Gasteiger partial charge on any atom is 0.433 e. The van der Waals surface area contributed by atoms with Crippen LogP contribution < -0.4 is 5.32 Å². The number of rotatable bonds is 7. The van der Waals surface area contributed by atoms with Crippen molar-refractivity contribution in [1.29, 1.82) is 0 Å². The molecule has 7 nitrogen and oxygen atoms in total. The average Bonchev–Trinajstić information content (AvgIpc) is 3.51. The summed E-state index contributed by atoms with van der Waals surface area (Å²) in [5.41, 5.74) is 5.63. The van der Waals surface area contributed by atoms with Gasteiger partial charge in [-0.25, -0.2) is 15.0 Å². The molecule has 1 saturated heterocycles. The molecule has 5 rings (SSSR count). The second kappa shape index (κ2) is 14.0. The van der Waals surface area contributed by atoms with Gasteiger partial charge in [0.25, 0.3) is 0 Å². The molecule has 5 heterocycles. The molecule has 4 aromatic rings. The topological polar surface area (TPSA) is 71.8 Å². The first-order valence-electron chi connectivity index (χ1n) is 14.6. The minimum Gasteiger partial charge on any atom is -0.373 e. The van der Waals surface area contributed by atoms with Crippen LogP contribution in [0.3, 0.4) is 0 Å². The van der Waals surface area contributed by atoms with Crippen LogP contribution in [-0.4, -0.2) is 56.1 Å². The summed E-state index contributed by atoms with van der Waals surface area (Å²) in [7, 11) is 3.54. The van der Waals surface area contributed by atoms with Crippen molar-refractivity contribution in [2.75, 3.05) is 26.0 Å². The number of nitrogens with one attached hydrogen (secondary N) is 1. The smallest absolute Gasteiger partial charge is 0.373 e. The van der Waals surface area contributed by atoms with Crippen LogP contribution in [0, 0.1) is 19.8 Å². The number of likely N-dealkylation sites (N-methyl/N-ethyl adjacent to an activating group) is 1. The summed E-state index contributed by atoms with van der Waals surface area (Å²) in [6.07, 6.45) is 6.04. The van der Waals surface area contributed by atoms with Gasteiger partial charge in [-0.15, -0.1) is 6.58 Å². The molecular weight excluding hydrogens is 599 g/mol. The minimum absolute atomic E-state index is 0.129. The highest BCUT2D eigenvalue weighted by Crippen LogP contribution is 2.34. The highest BCUT2D eigenvalue weighted by molar-refractivity contribution is 6.49. The van der Waals surface area contributed by atoms with Gasteiger partial charge in [0.2, 0.25) is 0 Å². The molecule has 1 fully saturated rings. The van der Waals surface area contributed by atoms with Gasteiger partial charge in [-0.1, -0.05) is 31.2 Å². The van der Waals surface area contributed by atoms with Crippen LogP contribution >= 0.6 is 11.6 Å². The number of halogens is 4. The number of allylic oxidation sites excluding steroid dienone is 2. The van der Waals surface area contributed by atoms with Crippen molar-refractivity contribution in [3.8, 4) is 11.3 Å². The van der Waals surface area contributed by atoms with E-state index < -0.39 is 11.9 Å². The second-order valence-electron chi connectivity index (χ2n) is 11.5. The molecule has 4 aromatic heterocycles. The molecule has 2 unspecified atom stereocenters. The summed E-state index contributed by atoms with van der Waals surface area (Å²) in [5.74, 6) is 1.46. The SMILES string of the molecule is C=CCn1cc(C(=C)C)c2cc(-c3cnc(C)nc3)nc(C)c21.CNc1nc(C(F)(F)F)ccc1/C(Cl)=C/C1CC(C)CN1C. The highest BCUT2D eigenvalue weighted by atomic mass is 35.5. The van der Waals surface area contributed by atoms with Gasteiger partial charge in [-0.05, 0) is 70.0 Å². The van der Waals surface area contributed by atoms with Gasteiger partial charge in [-0.3, -0.25) is 9.88 Å². The van der Waals surface area contributed by atoms with Crippen LogP contribution in [0.1, 0.15) is 48.6 Å². The van der Waals surface area contributed by atoms with Gasteiger partial charge in [0.15, 0.2) is 0 Å². The maximum absolute atomic E-state index is 12.7. The van der Waals surface area contributed by atoms with E-state index in [-0.39, 0.29) is 11.9 Å². The van der Waals surface area contributed by atoms with Crippen LogP contribution in [0.4, 0.5) is 19.0 Å². The van der Waals surface area contributed by atoms with E-state index in [1.165, 1.54) is 13.1 Å². The number of aryl methyl sites for hydroxylation is 2. The lowest BCUT2D eigenvalue weighted by Gasteiger charge is -2.17. The van der Waals surface area contributed by atoms with E-state index in [0.29, 0.717) is 16.5 Å². The second-order valence-corrected chi connectivity index (χ2v) is 11.9. The van der Waals surface area contributed by atoms with Gasteiger partial charge in [0, 0.05) is 71.9 Å². The standard InChI is InChI=1S/C19H20N4.C15H19ClF3N3/c1-6-7-23-11-17(12(2)3)16-8-18(22-13(4)19(16)23)15-9-20-14(5)21-10-15;1-9-6-10(22(3)8-9)7-12(16)11-4-5-13(15(17,18)19)21-14(11)20-2/h6,8-11H,1-2,7H2,3-5H3;4-5,7,9-10H,6,8H2,1-3H3,(H,20,21)/b;12-7-. The molecule has 0 saturated carbocycles. The summed E-state index contributed by atoms with van der Waals surface area (Å²) in [6, 6.07) is 4.60. The lowest BCUT2D eigenvalue weighted by molar-refractivity contribution is -0.141. The van der Waals surface area contributed by atoms with Crippen molar-refractivity contribution < 1.29 is 13.2 Å². The lowest BCUT2D eigenvalue weighted by atomic mass is 10.1. The number of likely N-dealkylation sites (tertiary alicyclic amines) is 1. The fourth-order valence-electron chi connectivity index (χ4n) is 5.57. The van der Waals surface area contributed by atoms with E-state index in [9.17, 15) is 13.2 Å². The Balaban J connectivity index is 0.000000205. The third kappa shape index (κ3) is 7.80. The van der Waals surface area contributed by atoms with E-state index in [1.807, 2.05) is 52.4 Å². The molecule has 0 spiro atoms. The number of hydrogen-bond donors (Lipinski definition) is 1. The van der Waals surface area contributed by atoms with E-state index in [2.05, 4.69) is 62.1 Å². The highest BCUT2D eigenvalue weighted by Gasteiger charge is 2.33. The largest absolute Gasteiger partial charge is 0.433 e. The Bertz CT molecular complexity index is 1720. The van der Waals surface area contributed by atoms with Crippen molar-refractivity contribution >= 4 is 38.9 Å². The van der Waals surface area contributed by atoms with Gasteiger partial charge >= 0.3 is 6.18 Å². The number of hydrogen-bond acceptors (Lipinski definition) is 6. The number of nitrogens with zero attached hydrogens (tertiary/aromatic N) is 6. The first-order valence-corrected chi connectivity index (χ1v) is 15.0. The van der Waals surface area contributed by atoms with Crippen molar-refractivity contribution in [2.45, 2.75) is 52.9 Å². The minimum atomic E-state index is -4.47. The molecule has 11 heteroatoms. The Hall–Kier alpha value is -4.02. The first-order chi connectivity index (χ1) is 21.2. The van der Waals surface area contributed by atoms with Gasteiger partial charge in [-0.2, -0.15) is 13.2 Å². The summed E-state index contributed by atoms with van der Waals surface area (Å²) in [5, 5.41) is 4.25. The molecular formula is C34H39ClF3N7. The lowest BCUT2D eigenvalue weighted by Crippen LogP contribution is -2.23. The van der Waals surface area contributed by atoms with E-state index in [0.717, 1.165) is 70.4 Å². The molecule has 1 N–H and O–H groups in total. The fourth-order valence-corrected chi connectivity index (χ4v) is 5.87. The van der Waals surface area contributed by atoms with Crippen LogP contribution in [0.5, 0.6) is 0 Å². The average molecular weight is 638 g/mol. The molecule has 0 aromatic carbocycles.